The molecule has 0 aliphatic rings. The van der Waals surface area contributed by atoms with E-state index in [1.54, 1.807) is 6.33 Å². The minimum atomic E-state index is 0.640. The molecule has 6 aromatic carbocycles. The fourth-order valence-electron chi connectivity index (χ4n) is 5.28. The first-order valence-corrected chi connectivity index (χ1v) is 14.0. The second-order valence-electron chi connectivity index (χ2n) is 10.2. The van der Waals surface area contributed by atoms with Crippen LogP contribution in [0.5, 0.6) is 0 Å². The molecule has 42 heavy (non-hydrogen) atoms. The molecule has 0 saturated carbocycles. The van der Waals surface area contributed by atoms with E-state index in [9.17, 15) is 0 Å². The second-order valence-corrected chi connectivity index (χ2v) is 10.2. The lowest BCUT2D eigenvalue weighted by atomic mass is 9.95. The normalized spacial score (nSPS) is 10.9. The molecule has 0 aliphatic carbocycles. The molecule has 0 N–H and O–H groups in total. The summed E-state index contributed by atoms with van der Waals surface area (Å²) in [5.74, 6) is 1.28. The highest BCUT2D eigenvalue weighted by atomic mass is 15.0. The molecule has 1 aromatic heterocycles. The topological polar surface area (TPSA) is 38.7 Å². The van der Waals surface area contributed by atoms with Gasteiger partial charge in [0.25, 0.3) is 0 Å². The van der Waals surface area contributed by atoms with Crippen LogP contribution in [-0.4, -0.2) is 15.0 Å². The third-order valence-corrected chi connectivity index (χ3v) is 7.38. The fraction of sp³-hybridized carbons (Fsp3) is 0. The van der Waals surface area contributed by atoms with Crippen LogP contribution in [0.2, 0.25) is 0 Å². The molecule has 0 saturated heterocycles. The molecule has 1 heterocycles. The summed E-state index contributed by atoms with van der Waals surface area (Å²) in [4.78, 5) is 14.3. The van der Waals surface area contributed by atoms with Crippen LogP contribution in [0.3, 0.4) is 0 Å². The summed E-state index contributed by atoms with van der Waals surface area (Å²) in [7, 11) is 0. The van der Waals surface area contributed by atoms with Crippen LogP contribution in [0.15, 0.2) is 164 Å². The molecule has 0 fully saturated rings. The average molecular weight is 538 g/mol. The van der Waals surface area contributed by atoms with Gasteiger partial charge in [0.1, 0.15) is 6.33 Å². The maximum atomic E-state index is 5.03. The Labute approximate surface area is 245 Å². The van der Waals surface area contributed by atoms with E-state index in [4.69, 9.17) is 4.98 Å². The highest BCUT2D eigenvalue weighted by Gasteiger charge is 2.13. The summed E-state index contributed by atoms with van der Waals surface area (Å²) < 4.78 is 0. The number of benzene rings is 6. The van der Waals surface area contributed by atoms with Crippen molar-refractivity contribution in [3.8, 4) is 67.3 Å². The van der Waals surface area contributed by atoms with Gasteiger partial charge in [0, 0.05) is 11.1 Å². The second kappa shape index (κ2) is 11.4. The van der Waals surface area contributed by atoms with E-state index in [0.29, 0.717) is 11.6 Å². The van der Waals surface area contributed by atoms with Crippen LogP contribution in [0.25, 0.3) is 67.3 Å². The number of aromatic nitrogens is 3. The van der Waals surface area contributed by atoms with Crippen molar-refractivity contribution in [2.45, 2.75) is 0 Å². The molecule has 0 spiro atoms. The molecule has 198 valence electrons. The smallest absolute Gasteiger partial charge is 0.163 e. The Morgan fingerprint density at radius 3 is 0.810 bits per heavy atom. The average Bonchev–Trinajstić information content (AvgIpc) is 3.09. The van der Waals surface area contributed by atoms with Gasteiger partial charge in [0.05, 0.1) is 0 Å². The van der Waals surface area contributed by atoms with Crippen LogP contribution in [0, 0.1) is 0 Å². The molecule has 0 aliphatic heterocycles. The number of rotatable bonds is 6. The van der Waals surface area contributed by atoms with E-state index in [-0.39, 0.29) is 0 Å². The first-order valence-electron chi connectivity index (χ1n) is 14.0. The van der Waals surface area contributed by atoms with Gasteiger partial charge in [0.2, 0.25) is 0 Å². The molecule has 0 radical (unpaired) electrons. The third kappa shape index (κ3) is 5.36. The van der Waals surface area contributed by atoms with Crippen molar-refractivity contribution in [1.82, 2.24) is 15.0 Å². The zero-order valence-electron chi connectivity index (χ0n) is 22.9. The predicted octanol–water partition coefficient (Wildman–Crippen LogP) is 9.87. The Morgan fingerprint density at radius 1 is 0.262 bits per heavy atom. The maximum Gasteiger partial charge on any atom is 0.163 e. The zero-order valence-corrected chi connectivity index (χ0v) is 22.9. The number of hydrogen-bond donors (Lipinski definition) is 0. The van der Waals surface area contributed by atoms with Gasteiger partial charge in [0.15, 0.2) is 11.6 Å². The van der Waals surface area contributed by atoms with Gasteiger partial charge in [-0.2, -0.15) is 0 Å². The molecular formula is C39H27N3. The van der Waals surface area contributed by atoms with Crippen molar-refractivity contribution in [3.63, 3.8) is 0 Å². The highest BCUT2D eigenvalue weighted by molar-refractivity contribution is 5.81. The Kier molecular flexibility index (Phi) is 6.89. The van der Waals surface area contributed by atoms with Crippen LogP contribution in [0.4, 0.5) is 0 Å². The van der Waals surface area contributed by atoms with Gasteiger partial charge >= 0.3 is 0 Å². The molecule has 3 heteroatoms. The molecule has 3 nitrogen and oxygen atoms in total. The molecule has 7 rings (SSSR count). The van der Waals surface area contributed by atoms with Gasteiger partial charge in [-0.05, 0) is 80.9 Å². The summed E-state index contributed by atoms with van der Waals surface area (Å²) in [5.41, 5.74) is 10.9. The van der Waals surface area contributed by atoms with Gasteiger partial charge in [-0.3, -0.25) is 0 Å². The van der Waals surface area contributed by atoms with Crippen molar-refractivity contribution < 1.29 is 0 Å². The summed E-state index contributed by atoms with van der Waals surface area (Å²) in [6.07, 6.45) is 1.62. The Bertz CT molecular complexity index is 1700. The summed E-state index contributed by atoms with van der Waals surface area (Å²) >= 11 is 0. The minimum Gasteiger partial charge on any atom is -0.217 e. The standard InChI is InChI=1S/C39H27N3/c1-5-13-28(14-6-1)32-21-33(29-15-7-2-8-16-29)24-36(23-32)38-40-27-41-39(42-38)37-25-34(30-17-9-3-10-18-30)22-35(26-37)31-19-11-4-12-20-31/h1-27H. The molecule has 0 bridgehead atoms. The molecule has 0 amide bonds. The van der Waals surface area contributed by atoms with Crippen molar-refractivity contribution in [2.24, 2.45) is 0 Å². The predicted molar refractivity (Wildman–Crippen MR) is 172 cm³/mol. The number of nitrogens with zero attached hydrogens (tertiary/aromatic N) is 3. The van der Waals surface area contributed by atoms with Crippen LogP contribution < -0.4 is 0 Å². The van der Waals surface area contributed by atoms with Crippen molar-refractivity contribution in [1.29, 1.82) is 0 Å². The Morgan fingerprint density at radius 2 is 0.524 bits per heavy atom. The summed E-state index contributed by atoms with van der Waals surface area (Å²) in [6.45, 7) is 0. The molecule has 7 aromatic rings. The zero-order chi connectivity index (χ0) is 28.1. The van der Waals surface area contributed by atoms with E-state index < -0.39 is 0 Å². The van der Waals surface area contributed by atoms with Gasteiger partial charge in [-0.15, -0.1) is 0 Å². The molecule has 0 atom stereocenters. The van der Waals surface area contributed by atoms with E-state index in [2.05, 4.69) is 143 Å². The lowest BCUT2D eigenvalue weighted by molar-refractivity contribution is 1.07. The molecule has 0 unspecified atom stereocenters. The minimum absolute atomic E-state index is 0.640. The van der Waals surface area contributed by atoms with Crippen molar-refractivity contribution >= 4 is 0 Å². The quantitative estimate of drug-likeness (QED) is 0.212. The third-order valence-electron chi connectivity index (χ3n) is 7.38. The Hall–Kier alpha value is -5.67. The maximum absolute atomic E-state index is 5.03. The van der Waals surface area contributed by atoms with Crippen LogP contribution in [-0.2, 0) is 0 Å². The van der Waals surface area contributed by atoms with Gasteiger partial charge < -0.3 is 0 Å². The summed E-state index contributed by atoms with van der Waals surface area (Å²) in [5, 5.41) is 0. The lowest BCUT2D eigenvalue weighted by Gasteiger charge is -2.12. The van der Waals surface area contributed by atoms with E-state index in [1.165, 1.54) is 0 Å². The van der Waals surface area contributed by atoms with E-state index in [1.807, 2.05) is 24.3 Å². The van der Waals surface area contributed by atoms with Crippen molar-refractivity contribution in [3.05, 3.63) is 164 Å². The van der Waals surface area contributed by atoms with Gasteiger partial charge in [-0.25, -0.2) is 15.0 Å². The first-order chi connectivity index (χ1) is 20.8. The summed E-state index contributed by atoms with van der Waals surface area (Å²) in [6, 6.07) is 54.8. The van der Waals surface area contributed by atoms with Crippen LogP contribution in [0.1, 0.15) is 0 Å². The monoisotopic (exact) mass is 537 g/mol. The van der Waals surface area contributed by atoms with Gasteiger partial charge in [-0.1, -0.05) is 121 Å². The van der Waals surface area contributed by atoms with Crippen LogP contribution >= 0.6 is 0 Å². The van der Waals surface area contributed by atoms with E-state index in [0.717, 1.165) is 55.6 Å². The molecular weight excluding hydrogens is 510 g/mol. The lowest BCUT2D eigenvalue weighted by Crippen LogP contribution is -1.97. The van der Waals surface area contributed by atoms with Crippen molar-refractivity contribution in [2.75, 3.05) is 0 Å². The largest absolute Gasteiger partial charge is 0.217 e. The van der Waals surface area contributed by atoms with E-state index >= 15 is 0 Å². The SMILES string of the molecule is c1ccc(-c2cc(-c3ccccc3)cc(-c3ncnc(-c4cc(-c5ccccc5)cc(-c5ccccc5)c4)n3)c2)cc1. The first kappa shape index (κ1) is 25.3. The highest BCUT2D eigenvalue weighted by Crippen LogP contribution is 2.34. The fourth-order valence-corrected chi connectivity index (χ4v) is 5.28. The Balaban J connectivity index is 1.37. The number of hydrogen-bond acceptors (Lipinski definition) is 3.